The molecule has 0 aliphatic rings. The van der Waals surface area contributed by atoms with Crippen molar-refractivity contribution in [1.29, 1.82) is 0 Å². The molecule has 0 spiro atoms. The molecular weight excluding hydrogens is 156 g/mol. The molecule has 0 aromatic heterocycles. The first-order valence-corrected chi connectivity index (χ1v) is 4.16. The molecule has 12 heavy (non-hydrogen) atoms. The van der Waals surface area contributed by atoms with Gasteiger partial charge in [0, 0.05) is 12.6 Å². The second-order valence-electron chi connectivity index (χ2n) is 3.05. The van der Waals surface area contributed by atoms with E-state index in [2.05, 4.69) is 10.6 Å². The zero-order chi connectivity index (χ0) is 9.56. The molecule has 4 heteroatoms. The third kappa shape index (κ3) is 4.31. The first-order chi connectivity index (χ1) is 5.61. The molecule has 2 atom stereocenters. The Bertz CT molecular complexity index is 139. The highest BCUT2D eigenvalue weighted by molar-refractivity contribution is 5.78. The highest BCUT2D eigenvalue weighted by Crippen LogP contribution is 1.99. The SMILES string of the molecule is CNCC(=O)NC(C)C(C)CO. The summed E-state index contributed by atoms with van der Waals surface area (Å²) < 4.78 is 0. The van der Waals surface area contributed by atoms with Crippen LogP contribution in [-0.4, -0.2) is 37.3 Å². The van der Waals surface area contributed by atoms with Crippen LogP contribution in [0.2, 0.25) is 0 Å². The van der Waals surface area contributed by atoms with Gasteiger partial charge in [-0.15, -0.1) is 0 Å². The van der Waals surface area contributed by atoms with E-state index in [9.17, 15) is 4.79 Å². The Balaban J connectivity index is 3.67. The Labute approximate surface area is 73.3 Å². The Morgan fingerprint density at radius 2 is 2.08 bits per heavy atom. The highest BCUT2D eigenvalue weighted by Gasteiger charge is 2.12. The maximum absolute atomic E-state index is 11.0. The number of hydrogen-bond acceptors (Lipinski definition) is 3. The van der Waals surface area contributed by atoms with Gasteiger partial charge in [-0.2, -0.15) is 0 Å². The average molecular weight is 174 g/mol. The second kappa shape index (κ2) is 5.97. The molecule has 0 radical (unpaired) electrons. The van der Waals surface area contributed by atoms with Crippen molar-refractivity contribution in [3.63, 3.8) is 0 Å². The van der Waals surface area contributed by atoms with Gasteiger partial charge in [0.15, 0.2) is 0 Å². The fraction of sp³-hybridized carbons (Fsp3) is 0.875. The van der Waals surface area contributed by atoms with Crippen LogP contribution in [0.1, 0.15) is 13.8 Å². The maximum Gasteiger partial charge on any atom is 0.234 e. The Kier molecular flexibility index (Phi) is 5.66. The van der Waals surface area contributed by atoms with E-state index in [1.54, 1.807) is 7.05 Å². The van der Waals surface area contributed by atoms with Crippen LogP contribution in [0.5, 0.6) is 0 Å². The van der Waals surface area contributed by atoms with Crippen molar-refractivity contribution >= 4 is 5.91 Å². The van der Waals surface area contributed by atoms with E-state index in [-0.39, 0.29) is 24.5 Å². The molecule has 0 rings (SSSR count). The van der Waals surface area contributed by atoms with Gasteiger partial charge in [-0.3, -0.25) is 4.79 Å². The quantitative estimate of drug-likeness (QED) is 0.518. The summed E-state index contributed by atoms with van der Waals surface area (Å²) in [4.78, 5) is 11.0. The molecule has 0 aromatic carbocycles. The van der Waals surface area contributed by atoms with Crippen LogP contribution < -0.4 is 10.6 Å². The number of hydrogen-bond donors (Lipinski definition) is 3. The van der Waals surface area contributed by atoms with Crippen molar-refractivity contribution in [3.8, 4) is 0 Å². The van der Waals surface area contributed by atoms with Crippen LogP contribution in [0.4, 0.5) is 0 Å². The summed E-state index contributed by atoms with van der Waals surface area (Å²) in [6.45, 7) is 4.20. The molecule has 0 bridgehead atoms. The number of rotatable bonds is 5. The lowest BCUT2D eigenvalue weighted by molar-refractivity contribution is -0.121. The lowest BCUT2D eigenvalue weighted by atomic mass is 10.1. The summed E-state index contributed by atoms with van der Waals surface area (Å²) in [6.07, 6.45) is 0. The monoisotopic (exact) mass is 174 g/mol. The number of nitrogens with one attached hydrogen (secondary N) is 2. The second-order valence-corrected chi connectivity index (χ2v) is 3.05. The minimum atomic E-state index is -0.0368. The number of aliphatic hydroxyl groups excluding tert-OH is 1. The van der Waals surface area contributed by atoms with Gasteiger partial charge in [0.1, 0.15) is 0 Å². The molecule has 0 aliphatic carbocycles. The minimum Gasteiger partial charge on any atom is -0.396 e. The Morgan fingerprint density at radius 1 is 1.50 bits per heavy atom. The van der Waals surface area contributed by atoms with E-state index in [0.29, 0.717) is 6.54 Å². The molecule has 1 amide bonds. The topological polar surface area (TPSA) is 61.4 Å². The molecule has 4 nitrogen and oxygen atoms in total. The summed E-state index contributed by atoms with van der Waals surface area (Å²) >= 11 is 0. The van der Waals surface area contributed by atoms with Gasteiger partial charge in [0.05, 0.1) is 6.54 Å². The average Bonchev–Trinajstić information content (AvgIpc) is 2.03. The number of amides is 1. The molecule has 3 N–H and O–H groups in total. The van der Waals surface area contributed by atoms with E-state index in [1.165, 1.54) is 0 Å². The fourth-order valence-corrected chi connectivity index (χ4v) is 0.766. The van der Waals surface area contributed by atoms with Crippen molar-refractivity contribution in [3.05, 3.63) is 0 Å². The third-order valence-electron chi connectivity index (χ3n) is 1.87. The predicted molar refractivity (Wildman–Crippen MR) is 47.8 cm³/mol. The Hall–Kier alpha value is -0.610. The van der Waals surface area contributed by atoms with Crippen molar-refractivity contribution in [2.45, 2.75) is 19.9 Å². The molecule has 0 aromatic rings. The van der Waals surface area contributed by atoms with Crippen molar-refractivity contribution in [2.24, 2.45) is 5.92 Å². The lowest BCUT2D eigenvalue weighted by Gasteiger charge is -2.18. The summed E-state index contributed by atoms with van der Waals surface area (Å²) in [6, 6.07) is 0.0239. The molecular formula is C8H18N2O2. The summed E-state index contributed by atoms with van der Waals surface area (Å²) in [7, 11) is 1.72. The highest BCUT2D eigenvalue weighted by atomic mass is 16.3. The first kappa shape index (κ1) is 11.4. The molecule has 0 heterocycles. The van der Waals surface area contributed by atoms with Gasteiger partial charge < -0.3 is 15.7 Å². The minimum absolute atomic E-state index is 0.0239. The largest absolute Gasteiger partial charge is 0.396 e. The molecule has 72 valence electrons. The van der Waals surface area contributed by atoms with Crippen LogP contribution >= 0.6 is 0 Å². The molecule has 0 saturated heterocycles. The summed E-state index contributed by atoms with van der Waals surface area (Å²) in [5.41, 5.74) is 0. The van der Waals surface area contributed by atoms with E-state index in [1.807, 2.05) is 13.8 Å². The van der Waals surface area contributed by atoms with Gasteiger partial charge in [0.25, 0.3) is 0 Å². The zero-order valence-corrected chi connectivity index (χ0v) is 7.92. The predicted octanol–water partition coefficient (Wildman–Crippen LogP) is -0.661. The van der Waals surface area contributed by atoms with Crippen LogP contribution in [0.3, 0.4) is 0 Å². The maximum atomic E-state index is 11.0. The van der Waals surface area contributed by atoms with Crippen molar-refractivity contribution in [1.82, 2.24) is 10.6 Å². The molecule has 0 saturated carbocycles. The zero-order valence-electron chi connectivity index (χ0n) is 7.92. The van der Waals surface area contributed by atoms with Crippen LogP contribution in [0.25, 0.3) is 0 Å². The van der Waals surface area contributed by atoms with Crippen LogP contribution in [-0.2, 0) is 4.79 Å². The molecule has 2 unspecified atom stereocenters. The molecule has 0 fully saturated rings. The van der Waals surface area contributed by atoms with E-state index in [4.69, 9.17) is 5.11 Å². The van der Waals surface area contributed by atoms with E-state index >= 15 is 0 Å². The third-order valence-corrected chi connectivity index (χ3v) is 1.87. The summed E-state index contributed by atoms with van der Waals surface area (Å²) in [5, 5.41) is 14.3. The van der Waals surface area contributed by atoms with Gasteiger partial charge in [-0.05, 0) is 19.9 Å². The van der Waals surface area contributed by atoms with Gasteiger partial charge in [0.2, 0.25) is 5.91 Å². The molecule has 0 aliphatic heterocycles. The van der Waals surface area contributed by atoms with Crippen molar-refractivity contribution < 1.29 is 9.90 Å². The lowest BCUT2D eigenvalue weighted by Crippen LogP contribution is -2.42. The standard InChI is InChI=1S/C8H18N2O2/c1-6(5-11)7(2)10-8(12)4-9-3/h6-7,9,11H,4-5H2,1-3H3,(H,10,12). The normalized spacial score (nSPS) is 15.3. The number of aliphatic hydroxyl groups is 1. The fourth-order valence-electron chi connectivity index (χ4n) is 0.766. The van der Waals surface area contributed by atoms with Crippen molar-refractivity contribution in [2.75, 3.05) is 20.2 Å². The Morgan fingerprint density at radius 3 is 2.50 bits per heavy atom. The van der Waals surface area contributed by atoms with Gasteiger partial charge >= 0.3 is 0 Å². The van der Waals surface area contributed by atoms with Crippen LogP contribution in [0.15, 0.2) is 0 Å². The number of carbonyl (C=O) groups is 1. The van der Waals surface area contributed by atoms with Crippen LogP contribution in [0, 0.1) is 5.92 Å². The summed E-state index contributed by atoms with van der Waals surface area (Å²) in [5.74, 6) is 0.0658. The van der Waals surface area contributed by atoms with Gasteiger partial charge in [-0.1, -0.05) is 6.92 Å². The first-order valence-electron chi connectivity index (χ1n) is 4.16. The number of carbonyl (C=O) groups excluding carboxylic acids is 1. The smallest absolute Gasteiger partial charge is 0.234 e. The van der Waals surface area contributed by atoms with Gasteiger partial charge in [-0.25, -0.2) is 0 Å². The number of likely N-dealkylation sites (N-methyl/N-ethyl adjacent to an activating group) is 1. The van der Waals surface area contributed by atoms with E-state index < -0.39 is 0 Å². The van der Waals surface area contributed by atoms with E-state index in [0.717, 1.165) is 0 Å².